The number of halogens is 1. The van der Waals surface area contributed by atoms with Crippen LogP contribution in [0.2, 0.25) is 0 Å². The van der Waals surface area contributed by atoms with Crippen molar-refractivity contribution in [2.24, 2.45) is 4.99 Å². The van der Waals surface area contributed by atoms with Crippen molar-refractivity contribution in [3.8, 4) is 5.88 Å². The summed E-state index contributed by atoms with van der Waals surface area (Å²) in [4.78, 5) is 8.64. The molecule has 0 saturated heterocycles. The van der Waals surface area contributed by atoms with Crippen molar-refractivity contribution in [1.29, 1.82) is 0 Å². The van der Waals surface area contributed by atoms with Crippen LogP contribution in [0.3, 0.4) is 0 Å². The Morgan fingerprint density at radius 2 is 2.00 bits per heavy atom. The molecule has 0 unspecified atom stereocenters. The second-order valence-electron chi connectivity index (χ2n) is 5.14. The van der Waals surface area contributed by atoms with Gasteiger partial charge >= 0.3 is 0 Å². The molecule has 122 valence electrons. The third-order valence-electron chi connectivity index (χ3n) is 3.39. The number of nitrogens with one attached hydrogen (secondary N) is 2. The second-order valence-corrected chi connectivity index (χ2v) is 5.14. The molecule has 0 spiro atoms. The molecule has 0 aliphatic carbocycles. The van der Waals surface area contributed by atoms with Crippen LogP contribution in [-0.2, 0) is 13.2 Å². The summed E-state index contributed by atoms with van der Waals surface area (Å²) in [7, 11) is 0. The molecule has 2 N–H and O–H groups in total. The van der Waals surface area contributed by atoms with Gasteiger partial charge in [-0.15, -0.1) is 24.0 Å². The van der Waals surface area contributed by atoms with Crippen LogP contribution < -0.4 is 15.4 Å². The summed E-state index contributed by atoms with van der Waals surface area (Å²) in [6.07, 6.45) is 2.87. The summed E-state index contributed by atoms with van der Waals surface area (Å²) in [5.74, 6) is 1.51. The first kappa shape index (κ1) is 17.5. The van der Waals surface area contributed by atoms with Crippen molar-refractivity contribution in [2.45, 2.75) is 19.6 Å². The van der Waals surface area contributed by atoms with E-state index in [-0.39, 0.29) is 24.0 Å². The quantitative estimate of drug-likeness (QED) is 0.725. The third kappa shape index (κ3) is 5.70. The highest BCUT2D eigenvalue weighted by molar-refractivity contribution is 14.0. The van der Waals surface area contributed by atoms with E-state index in [1.165, 1.54) is 0 Å². The van der Waals surface area contributed by atoms with E-state index in [9.17, 15) is 0 Å². The number of rotatable bonds is 5. The normalized spacial score (nSPS) is 13.3. The van der Waals surface area contributed by atoms with E-state index < -0.39 is 0 Å². The van der Waals surface area contributed by atoms with Crippen LogP contribution in [-0.4, -0.2) is 24.0 Å². The van der Waals surface area contributed by atoms with Gasteiger partial charge in [0, 0.05) is 31.9 Å². The van der Waals surface area contributed by atoms with Gasteiger partial charge in [0.15, 0.2) is 5.96 Å². The molecule has 1 aromatic heterocycles. The van der Waals surface area contributed by atoms with E-state index in [4.69, 9.17) is 4.74 Å². The van der Waals surface area contributed by atoms with Gasteiger partial charge in [-0.2, -0.15) is 0 Å². The molecule has 23 heavy (non-hydrogen) atoms. The SMILES string of the molecule is I.c1ccc(COc2cc(CNC3=NCCCN3)ccn2)cc1. The Hall–Kier alpha value is -1.83. The number of nitrogens with zero attached hydrogens (tertiary/aromatic N) is 2. The number of aliphatic imine (C=N–C) groups is 1. The van der Waals surface area contributed by atoms with Crippen molar-refractivity contribution in [3.63, 3.8) is 0 Å². The van der Waals surface area contributed by atoms with E-state index in [1.54, 1.807) is 6.20 Å². The van der Waals surface area contributed by atoms with Gasteiger partial charge in [-0.3, -0.25) is 4.99 Å². The molecule has 2 heterocycles. The molecule has 1 aliphatic rings. The lowest BCUT2D eigenvalue weighted by Gasteiger charge is -2.16. The Morgan fingerprint density at radius 1 is 1.13 bits per heavy atom. The predicted molar refractivity (Wildman–Crippen MR) is 102 cm³/mol. The number of guanidine groups is 1. The highest BCUT2D eigenvalue weighted by Gasteiger charge is 2.04. The fraction of sp³-hybridized carbons (Fsp3) is 0.294. The summed E-state index contributed by atoms with van der Waals surface area (Å²) in [5.41, 5.74) is 2.25. The first-order chi connectivity index (χ1) is 10.9. The second kappa shape index (κ2) is 9.34. The molecule has 0 amide bonds. The summed E-state index contributed by atoms with van der Waals surface area (Å²) in [6.45, 7) is 3.10. The lowest BCUT2D eigenvalue weighted by Crippen LogP contribution is -2.40. The molecule has 0 atom stereocenters. The number of benzene rings is 1. The molecular weight excluding hydrogens is 403 g/mol. The summed E-state index contributed by atoms with van der Waals surface area (Å²) in [6, 6.07) is 14.0. The van der Waals surface area contributed by atoms with Crippen LogP contribution in [0.15, 0.2) is 53.7 Å². The monoisotopic (exact) mass is 424 g/mol. The van der Waals surface area contributed by atoms with Crippen LogP contribution >= 0.6 is 24.0 Å². The van der Waals surface area contributed by atoms with E-state index in [2.05, 4.69) is 20.6 Å². The average molecular weight is 424 g/mol. The fourth-order valence-corrected chi connectivity index (χ4v) is 2.21. The molecule has 0 bridgehead atoms. The van der Waals surface area contributed by atoms with Crippen LogP contribution in [0.1, 0.15) is 17.5 Å². The Bertz CT molecular complexity index is 634. The average Bonchev–Trinajstić information content (AvgIpc) is 2.60. The summed E-state index contributed by atoms with van der Waals surface area (Å²) in [5, 5.41) is 6.54. The number of aromatic nitrogens is 1. The van der Waals surface area contributed by atoms with E-state index in [1.807, 2.05) is 42.5 Å². The Morgan fingerprint density at radius 3 is 2.78 bits per heavy atom. The summed E-state index contributed by atoms with van der Waals surface area (Å²) >= 11 is 0. The van der Waals surface area contributed by atoms with Gasteiger partial charge < -0.3 is 15.4 Å². The van der Waals surface area contributed by atoms with Crippen LogP contribution in [0.5, 0.6) is 5.88 Å². The van der Waals surface area contributed by atoms with Crippen molar-refractivity contribution < 1.29 is 4.74 Å². The molecule has 0 fully saturated rings. The topological polar surface area (TPSA) is 58.5 Å². The smallest absolute Gasteiger partial charge is 0.213 e. The van der Waals surface area contributed by atoms with Crippen LogP contribution in [0.4, 0.5) is 0 Å². The van der Waals surface area contributed by atoms with Gasteiger partial charge in [0.2, 0.25) is 5.88 Å². The zero-order valence-corrected chi connectivity index (χ0v) is 15.2. The van der Waals surface area contributed by atoms with Gasteiger partial charge in [-0.25, -0.2) is 4.98 Å². The molecule has 2 aromatic rings. The van der Waals surface area contributed by atoms with Gasteiger partial charge in [0.05, 0.1) is 0 Å². The third-order valence-corrected chi connectivity index (χ3v) is 3.39. The van der Waals surface area contributed by atoms with Crippen molar-refractivity contribution in [1.82, 2.24) is 15.6 Å². The minimum atomic E-state index is 0. The molecule has 3 rings (SSSR count). The lowest BCUT2D eigenvalue weighted by molar-refractivity contribution is 0.293. The zero-order valence-electron chi connectivity index (χ0n) is 12.9. The minimum Gasteiger partial charge on any atom is -0.473 e. The van der Waals surface area contributed by atoms with Crippen molar-refractivity contribution >= 4 is 29.9 Å². The first-order valence-electron chi connectivity index (χ1n) is 7.54. The van der Waals surface area contributed by atoms with Crippen LogP contribution in [0, 0.1) is 0 Å². The van der Waals surface area contributed by atoms with Crippen molar-refractivity contribution in [2.75, 3.05) is 13.1 Å². The zero-order chi connectivity index (χ0) is 15.0. The van der Waals surface area contributed by atoms with Gasteiger partial charge in [0.1, 0.15) is 6.61 Å². The Balaban J connectivity index is 0.00000192. The Kier molecular flexibility index (Phi) is 7.12. The molecule has 0 radical (unpaired) electrons. The van der Waals surface area contributed by atoms with Gasteiger partial charge in [-0.05, 0) is 23.6 Å². The van der Waals surface area contributed by atoms with E-state index >= 15 is 0 Å². The highest BCUT2D eigenvalue weighted by Crippen LogP contribution is 2.11. The largest absolute Gasteiger partial charge is 0.473 e. The minimum absolute atomic E-state index is 0. The maximum Gasteiger partial charge on any atom is 0.213 e. The van der Waals surface area contributed by atoms with Crippen molar-refractivity contribution in [3.05, 3.63) is 59.8 Å². The predicted octanol–water partition coefficient (Wildman–Crippen LogP) is 2.72. The fourth-order valence-electron chi connectivity index (χ4n) is 2.21. The molecule has 1 aliphatic heterocycles. The number of hydrogen-bond acceptors (Lipinski definition) is 5. The molecule has 1 aromatic carbocycles. The van der Waals surface area contributed by atoms with Gasteiger partial charge in [0.25, 0.3) is 0 Å². The maximum absolute atomic E-state index is 5.74. The lowest BCUT2D eigenvalue weighted by atomic mass is 10.2. The van der Waals surface area contributed by atoms with E-state index in [0.29, 0.717) is 19.0 Å². The molecule has 5 nitrogen and oxygen atoms in total. The Labute approximate surface area is 153 Å². The highest BCUT2D eigenvalue weighted by atomic mass is 127. The first-order valence-corrected chi connectivity index (χ1v) is 7.54. The molecule has 6 heteroatoms. The summed E-state index contributed by atoms with van der Waals surface area (Å²) < 4.78 is 5.74. The standard InChI is InChI=1S/C17H20N4O.HI/c1-2-5-14(6-3-1)13-22-16-11-15(7-10-18-16)12-21-17-19-8-4-9-20-17;/h1-3,5-7,10-11H,4,8-9,12-13H2,(H2,19,20,21);1H. The van der Waals surface area contributed by atoms with Crippen LogP contribution in [0.25, 0.3) is 0 Å². The maximum atomic E-state index is 5.74. The number of hydrogen-bond donors (Lipinski definition) is 2. The van der Waals surface area contributed by atoms with E-state index in [0.717, 1.165) is 36.6 Å². The number of pyridine rings is 1. The number of ether oxygens (including phenoxy) is 1. The van der Waals surface area contributed by atoms with Gasteiger partial charge in [-0.1, -0.05) is 30.3 Å². The molecular formula is C17H21IN4O. The molecule has 0 saturated carbocycles.